The van der Waals surface area contributed by atoms with E-state index in [0.29, 0.717) is 21.4 Å². The molecule has 2 aromatic rings. The van der Waals surface area contributed by atoms with Crippen LogP contribution in [0.15, 0.2) is 30.5 Å². The molecule has 0 aliphatic heterocycles. The summed E-state index contributed by atoms with van der Waals surface area (Å²) in [6.07, 6.45) is 1.53. The molecular weight excluding hydrogens is 283 g/mol. The number of nitrogens with one attached hydrogen (secondary N) is 1. The summed E-state index contributed by atoms with van der Waals surface area (Å²) in [5.74, 6) is -0.263. The zero-order chi connectivity index (χ0) is 14.0. The van der Waals surface area contributed by atoms with Gasteiger partial charge in [0.05, 0.1) is 22.5 Å². The molecule has 1 heterocycles. The lowest BCUT2D eigenvalue weighted by Gasteiger charge is -2.10. The second-order valence-corrected chi connectivity index (χ2v) is 4.98. The molecule has 1 N–H and O–H groups in total. The van der Waals surface area contributed by atoms with Crippen molar-refractivity contribution < 1.29 is 4.79 Å². The zero-order valence-corrected chi connectivity index (χ0v) is 12.0. The van der Waals surface area contributed by atoms with Gasteiger partial charge in [0.25, 0.3) is 5.91 Å². The van der Waals surface area contributed by atoms with Gasteiger partial charge in [-0.05, 0) is 37.1 Å². The molecule has 0 saturated carbocycles. The van der Waals surface area contributed by atoms with Crippen molar-refractivity contribution in [1.29, 1.82) is 0 Å². The Bertz CT molecular complexity index is 641. The minimum Gasteiger partial charge on any atom is -0.320 e. The van der Waals surface area contributed by atoms with E-state index in [0.717, 1.165) is 11.1 Å². The Labute approximate surface area is 121 Å². The first-order chi connectivity index (χ1) is 8.99. The van der Waals surface area contributed by atoms with E-state index >= 15 is 0 Å². The summed E-state index contributed by atoms with van der Waals surface area (Å²) in [4.78, 5) is 16.1. The van der Waals surface area contributed by atoms with Crippen molar-refractivity contribution >= 4 is 34.8 Å². The van der Waals surface area contributed by atoms with Crippen LogP contribution in [0.3, 0.4) is 0 Å². The highest BCUT2D eigenvalue weighted by Gasteiger charge is 2.13. The number of amides is 1. The number of anilines is 1. The first-order valence-corrected chi connectivity index (χ1v) is 6.43. The molecule has 1 aromatic carbocycles. The monoisotopic (exact) mass is 294 g/mol. The predicted molar refractivity (Wildman–Crippen MR) is 78.1 cm³/mol. The third-order valence-electron chi connectivity index (χ3n) is 2.76. The van der Waals surface area contributed by atoms with E-state index in [-0.39, 0.29) is 5.91 Å². The summed E-state index contributed by atoms with van der Waals surface area (Å²) < 4.78 is 0. The molecule has 3 nitrogen and oxygen atoms in total. The Balaban J connectivity index is 2.28. The summed E-state index contributed by atoms with van der Waals surface area (Å²) in [5.41, 5.74) is 2.76. The SMILES string of the molecule is Cc1cc(Cl)ncc1NC(=O)c1cccc(C)c1Cl. The molecule has 0 radical (unpaired) electrons. The molecule has 0 aliphatic carbocycles. The van der Waals surface area contributed by atoms with Crippen LogP contribution in [0.4, 0.5) is 5.69 Å². The van der Waals surface area contributed by atoms with Crippen LogP contribution >= 0.6 is 23.2 Å². The van der Waals surface area contributed by atoms with Crippen molar-refractivity contribution in [2.24, 2.45) is 0 Å². The molecule has 0 bridgehead atoms. The van der Waals surface area contributed by atoms with Gasteiger partial charge in [-0.25, -0.2) is 4.98 Å². The molecule has 1 aromatic heterocycles. The van der Waals surface area contributed by atoms with Crippen molar-refractivity contribution in [1.82, 2.24) is 4.98 Å². The fraction of sp³-hybridized carbons (Fsp3) is 0.143. The number of aryl methyl sites for hydroxylation is 2. The van der Waals surface area contributed by atoms with Gasteiger partial charge in [0.1, 0.15) is 5.15 Å². The molecular formula is C14H12Cl2N2O. The topological polar surface area (TPSA) is 42.0 Å². The van der Waals surface area contributed by atoms with Crippen LogP contribution in [0.5, 0.6) is 0 Å². The van der Waals surface area contributed by atoms with E-state index in [9.17, 15) is 4.79 Å². The fourth-order valence-corrected chi connectivity index (χ4v) is 2.09. The van der Waals surface area contributed by atoms with Gasteiger partial charge in [-0.3, -0.25) is 4.79 Å². The Morgan fingerprint density at radius 1 is 1.21 bits per heavy atom. The molecule has 5 heteroatoms. The first kappa shape index (κ1) is 13.8. The van der Waals surface area contributed by atoms with Crippen LogP contribution in [0.2, 0.25) is 10.2 Å². The largest absolute Gasteiger partial charge is 0.320 e. The number of carbonyl (C=O) groups is 1. The highest BCUT2D eigenvalue weighted by atomic mass is 35.5. The number of benzene rings is 1. The summed E-state index contributed by atoms with van der Waals surface area (Å²) in [7, 11) is 0. The Morgan fingerprint density at radius 3 is 2.63 bits per heavy atom. The number of carbonyl (C=O) groups excluding carboxylic acids is 1. The number of rotatable bonds is 2. The second kappa shape index (κ2) is 5.59. The van der Waals surface area contributed by atoms with Crippen LogP contribution in [0, 0.1) is 13.8 Å². The Hall–Kier alpha value is -1.58. The maximum atomic E-state index is 12.2. The molecule has 19 heavy (non-hydrogen) atoms. The number of pyridine rings is 1. The Kier molecular flexibility index (Phi) is 4.08. The van der Waals surface area contributed by atoms with Crippen LogP contribution in [-0.2, 0) is 0 Å². The van der Waals surface area contributed by atoms with E-state index in [1.807, 2.05) is 19.9 Å². The summed E-state index contributed by atoms with van der Waals surface area (Å²) in [6, 6.07) is 7.02. The average Bonchev–Trinajstić information content (AvgIpc) is 2.36. The lowest BCUT2D eigenvalue weighted by Crippen LogP contribution is -2.13. The van der Waals surface area contributed by atoms with Gasteiger partial charge in [0.2, 0.25) is 0 Å². The Morgan fingerprint density at radius 2 is 1.95 bits per heavy atom. The van der Waals surface area contributed by atoms with E-state index in [1.54, 1.807) is 18.2 Å². The van der Waals surface area contributed by atoms with Crippen LogP contribution in [0.1, 0.15) is 21.5 Å². The van der Waals surface area contributed by atoms with E-state index in [4.69, 9.17) is 23.2 Å². The molecule has 0 unspecified atom stereocenters. The molecule has 0 aliphatic rings. The van der Waals surface area contributed by atoms with Gasteiger partial charge < -0.3 is 5.32 Å². The van der Waals surface area contributed by atoms with Crippen molar-refractivity contribution in [3.63, 3.8) is 0 Å². The smallest absolute Gasteiger partial charge is 0.257 e. The van der Waals surface area contributed by atoms with Crippen molar-refractivity contribution in [3.8, 4) is 0 Å². The lowest BCUT2D eigenvalue weighted by atomic mass is 10.1. The minimum absolute atomic E-state index is 0.263. The van der Waals surface area contributed by atoms with Crippen molar-refractivity contribution in [2.45, 2.75) is 13.8 Å². The predicted octanol–water partition coefficient (Wildman–Crippen LogP) is 4.26. The third-order valence-corrected chi connectivity index (χ3v) is 3.47. The van der Waals surface area contributed by atoms with Gasteiger partial charge >= 0.3 is 0 Å². The highest BCUT2D eigenvalue weighted by molar-refractivity contribution is 6.35. The van der Waals surface area contributed by atoms with Crippen LogP contribution < -0.4 is 5.32 Å². The van der Waals surface area contributed by atoms with Crippen molar-refractivity contribution in [2.75, 3.05) is 5.32 Å². The molecule has 0 atom stereocenters. The summed E-state index contributed by atoms with van der Waals surface area (Å²) in [6.45, 7) is 3.70. The number of hydrogen-bond acceptors (Lipinski definition) is 2. The number of hydrogen-bond donors (Lipinski definition) is 1. The van der Waals surface area contributed by atoms with Crippen LogP contribution in [-0.4, -0.2) is 10.9 Å². The van der Waals surface area contributed by atoms with E-state index in [2.05, 4.69) is 10.3 Å². The first-order valence-electron chi connectivity index (χ1n) is 5.67. The number of nitrogens with zero attached hydrogens (tertiary/aromatic N) is 1. The van der Waals surface area contributed by atoms with Gasteiger partial charge in [-0.15, -0.1) is 0 Å². The number of halogens is 2. The van der Waals surface area contributed by atoms with E-state index < -0.39 is 0 Å². The zero-order valence-electron chi connectivity index (χ0n) is 10.5. The summed E-state index contributed by atoms with van der Waals surface area (Å²) in [5, 5.41) is 3.63. The lowest BCUT2D eigenvalue weighted by molar-refractivity contribution is 0.102. The molecule has 0 fully saturated rings. The van der Waals surface area contributed by atoms with E-state index in [1.165, 1.54) is 6.20 Å². The normalized spacial score (nSPS) is 10.3. The minimum atomic E-state index is -0.263. The highest BCUT2D eigenvalue weighted by Crippen LogP contribution is 2.23. The quantitative estimate of drug-likeness (QED) is 0.841. The van der Waals surface area contributed by atoms with Crippen LogP contribution in [0.25, 0.3) is 0 Å². The molecule has 0 spiro atoms. The molecule has 0 saturated heterocycles. The molecule has 98 valence electrons. The molecule has 1 amide bonds. The fourth-order valence-electron chi connectivity index (χ4n) is 1.66. The van der Waals surface area contributed by atoms with Gasteiger partial charge in [0, 0.05) is 0 Å². The maximum absolute atomic E-state index is 12.2. The average molecular weight is 295 g/mol. The van der Waals surface area contributed by atoms with Crippen molar-refractivity contribution in [3.05, 3.63) is 57.3 Å². The maximum Gasteiger partial charge on any atom is 0.257 e. The third kappa shape index (κ3) is 3.06. The second-order valence-electron chi connectivity index (χ2n) is 4.21. The van der Waals surface area contributed by atoms with Gasteiger partial charge in [-0.2, -0.15) is 0 Å². The standard InChI is InChI=1S/C14H12Cl2N2O/c1-8-4-3-5-10(13(8)16)14(19)18-11-7-17-12(15)6-9(11)2/h3-7H,1-2H3,(H,18,19). The molecule has 2 rings (SSSR count). The number of aromatic nitrogens is 1. The van der Waals surface area contributed by atoms with Gasteiger partial charge in [0.15, 0.2) is 0 Å². The summed E-state index contributed by atoms with van der Waals surface area (Å²) >= 11 is 11.9. The van der Waals surface area contributed by atoms with Gasteiger partial charge in [-0.1, -0.05) is 35.3 Å².